The lowest BCUT2D eigenvalue weighted by Gasteiger charge is -2.46. The van der Waals surface area contributed by atoms with Gasteiger partial charge >= 0.3 is 0 Å². The second-order valence-electron chi connectivity index (χ2n) is 13.9. The number of nitrogens with one attached hydrogen (secondary N) is 2. The normalized spacial score (nSPS) is 30.9. The third-order valence-corrected chi connectivity index (χ3v) is 12.9. The molecule has 0 unspecified atom stereocenters. The number of hydrogen-bond acceptors (Lipinski definition) is 7. The highest BCUT2D eigenvalue weighted by atomic mass is 35.5. The average molecular weight is 684 g/mol. The molecule has 11 heteroatoms. The Balaban J connectivity index is 1.39. The van der Waals surface area contributed by atoms with E-state index < -0.39 is 21.2 Å². The molecular weight excluding hydrogens is 638 g/mol. The van der Waals surface area contributed by atoms with Crippen LogP contribution in [0.3, 0.4) is 0 Å². The highest BCUT2D eigenvalue weighted by Crippen LogP contribution is 2.47. The summed E-state index contributed by atoms with van der Waals surface area (Å²) in [5.74, 6) is 0.289. The summed E-state index contributed by atoms with van der Waals surface area (Å²) in [6.45, 7) is 7.75. The molecule has 0 aromatic heterocycles. The standard InChI is InChI=1S/C36H46ClN3O6S/c1-23-6-4-8-33(45-17-16-38-25(3)41)30-12-9-28(30)20-40-21-36(15-5-7-26-18-29(37)11-13-31(26)36)22-46-34-14-10-27(19-32(34)40)35(42)39-47(43,44)24(23)2/h4,8,10-11,13-14,18-19,23-24,28,30,33H,5-7,9,12,15-17,20-22H2,1-3H3,(H,38,41)(H,39,42)/b8-4-/t23-,24+,28-,30+,33-,36-/m0/s1. The van der Waals surface area contributed by atoms with Gasteiger partial charge in [0.1, 0.15) is 5.75 Å². The number of amides is 2. The van der Waals surface area contributed by atoms with Gasteiger partial charge in [-0.15, -0.1) is 0 Å². The zero-order chi connectivity index (χ0) is 33.3. The van der Waals surface area contributed by atoms with Crippen molar-refractivity contribution in [1.29, 1.82) is 0 Å². The third kappa shape index (κ3) is 7.20. The van der Waals surface area contributed by atoms with E-state index in [2.05, 4.69) is 33.1 Å². The van der Waals surface area contributed by atoms with Crippen molar-refractivity contribution in [3.05, 3.63) is 70.3 Å². The zero-order valence-corrected chi connectivity index (χ0v) is 29.0. The molecular formula is C36H46ClN3O6S. The fourth-order valence-electron chi connectivity index (χ4n) is 7.74. The van der Waals surface area contributed by atoms with Crippen molar-refractivity contribution in [2.75, 3.05) is 37.7 Å². The van der Waals surface area contributed by atoms with Crippen LogP contribution in [0.5, 0.6) is 5.75 Å². The van der Waals surface area contributed by atoms with Crippen LogP contribution in [0.1, 0.15) is 74.4 Å². The quantitative estimate of drug-likeness (QED) is 0.328. The maximum Gasteiger partial charge on any atom is 0.264 e. The molecule has 2 heterocycles. The first-order chi connectivity index (χ1) is 22.5. The largest absolute Gasteiger partial charge is 0.490 e. The summed E-state index contributed by atoms with van der Waals surface area (Å²) in [7, 11) is -3.95. The highest BCUT2D eigenvalue weighted by molar-refractivity contribution is 7.90. The monoisotopic (exact) mass is 683 g/mol. The van der Waals surface area contributed by atoms with Gasteiger partial charge in [0.25, 0.3) is 5.91 Å². The van der Waals surface area contributed by atoms with Gasteiger partial charge in [0.15, 0.2) is 0 Å². The Hall–Kier alpha value is -3.08. The summed E-state index contributed by atoms with van der Waals surface area (Å²) in [5, 5.41) is 2.75. The molecule has 6 rings (SSSR count). The molecule has 254 valence electrons. The first-order valence-electron chi connectivity index (χ1n) is 16.9. The summed E-state index contributed by atoms with van der Waals surface area (Å²) >= 11 is 6.43. The minimum Gasteiger partial charge on any atom is -0.490 e. The molecule has 9 nitrogen and oxygen atoms in total. The van der Waals surface area contributed by atoms with Crippen LogP contribution < -0.4 is 19.7 Å². The molecule has 1 saturated carbocycles. The minimum absolute atomic E-state index is 0.0957. The Kier molecular flexibility index (Phi) is 9.93. The van der Waals surface area contributed by atoms with Crippen molar-refractivity contribution in [3.63, 3.8) is 0 Å². The molecule has 2 aliphatic carbocycles. The van der Waals surface area contributed by atoms with E-state index in [1.165, 1.54) is 18.1 Å². The molecule has 1 fully saturated rings. The molecule has 2 bridgehead atoms. The lowest BCUT2D eigenvalue weighted by Crippen LogP contribution is -2.50. The summed E-state index contributed by atoms with van der Waals surface area (Å²) in [5.41, 5.74) is 3.31. The second-order valence-corrected chi connectivity index (χ2v) is 16.4. The zero-order valence-electron chi connectivity index (χ0n) is 27.5. The number of allylic oxidation sites excluding steroid dienone is 1. The van der Waals surface area contributed by atoms with Crippen LogP contribution in [0.15, 0.2) is 48.6 Å². The number of aryl methyl sites for hydroxylation is 1. The smallest absolute Gasteiger partial charge is 0.264 e. The van der Waals surface area contributed by atoms with Gasteiger partial charge in [-0.1, -0.05) is 36.7 Å². The average Bonchev–Trinajstić information content (AvgIpc) is 3.16. The number of benzene rings is 2. The first-order valence-corrected chi connectivity index (χ1v) is 18.8. The van der Waals surface area contributed by atoms with E-state index in [0.29, 0.717) is 44.4 Å². The Morgan fingerprint density at radius 3 is 2.79 bits per heavy atom. The molecule has 2 aromatic carbocycles. The summed E-state index contributed by atoms with van der Waals surface area (Å²) < 4.78 is 42.0. The number of carbonyl (C=O) groups is 2. The summed E-state index contributed by atoms with van der Waals surface area (Å²) in [4.78, 5) is 27.3. The number of rotatable bonds is 4. The van der Waals surface area contributed by atoms with Crippen LogP contribution in [-0.2, 0) is 31.4 Å². The van der Waals surface area contributed by atoms with Gasteiger partial charge in [-0.25, -0.2) is 13.1 Å². The SMILES string of the molecule is CC(=O)NCCO[C@H]1/C=C\C[C@H](C)[C@@H](C)S(=O)(=O)NC(=O)c2ccc3c(c2)N(C[C@@H]2CC[C@H]21)C[C@@]1(CCCc2cc(Cl)ccc21)CO3. The number of sulfonamides is 1. The van der Waals surface area contributed by atoms with Crippen molar-refractivity contribution in [3.8, 4) is 5.75 Å². The van der Waals surface area contributed by atoms with Crippen LogP contribution >= 0.6 is 11.6 Å². The van der Waals surface area contributed by atoms with Gasteiger partial charge in [0.05, 0.1) is 30.3 Å². The lowest BCUT2D eigenvalue weighted by atomic mass is 9.68. The molecule has 0 saturated heterocycles. The fourth-order valence-corrected chi connectivity index (χ4v) is 9.22. The highest BCUT2D eigenvalue weighted by Gasteiger charge is 2.44. The van der Waals surface area contributed by atoms with Crippen molar-refractivity contribution in [1.82, 2.24) is 10.0 Å². The summed E-state index contributed by atoms with van der Waals surface area (Å²) in [6, 6.07) is 11.4. The van der Waals surface area contributed by atoms with Crippen molar-refractivity contribution in [2.45, 2.75) is 76.1 Å². The molecule has 2 aliphatic heterocycles. The summed E-state index contributed by atoms with van der Waals surface area (Å²) in [6.07, 6.45) is 9.43. The van der Waals surface area contributed by atoms with Crippen LogP contribution in [-0.4, -0.2) is 64.4 Å². The second kappa shape index (κ2) is 13.8. The van der Waals surface area contributed by atoms with Gasteiger partial charge < -0.3 is 19.7 Å². The number of carbonyl (C=O) groups excluding carboxylic acids is 2. The van der Waals surface area contributed by atoms with Gasteiger partial charge in [-0.2, -0.15) is 0 Å². The first kappa shape index (κ1) is 33.8. The number of hydrogen-bond donors (Lipinski definition) is 2. The van der Waals surface area contributed by atoms with Crippen molar-refractivity contribution < 1.29 is 27.5 Å². The van der Waals surface area contributed by atoms with Crippen LogP contribution in [0.2, 0.25) is 5.02 Å². The van der Waals surface area contributed by atoms with Crippen molar-refractivity contribution >= 4 is 39.1 Å². The Morgan fingerprint density at radius 2 is 2.02 bits per heavy atom. The number of ether oxygens (including phenoxy) is 2. The van der Waals surface area contributed by atoms with E-state index in [1.54, 1.807) is 25.1 Å². The number of nitrogens with zero attached hydrogens (tertiary/aromatic N) is 1. The van der Waals surface area contributed by atoms with Crippen LogP contribution in [0.25, 0.3) is 0 Å². The lowest BCUT2D eigenvalue weighted by molar-refractivity contribution is -0.119. The van der Waals surface area contributed by atoms with Crippen LogP contribution in [0, 0.1) is 17.8 Å². The van der Waals surface area contributed by atoms with Gasteiger partial charge in [0, 0.05) is 42.6 Å². The topological polar surface area (TPSA) is 114 Å². The third-order valence-electron chi connectivity index (χ3n) is 10.8. The molecule has 47 heavy (non-hydrogen) atoms. The van der Waals surface area contributed by atoms with E-state index >= 15 is 0 Å². The predicted octanol–water partition coefficient (Wildman–Crippen LogP) is 5.40. The Morgan fingerprint density at radius 1 is 1.19 bits per heavy atom. The van der Waals surface area contributed by atoms with Gasteiger partial charge in [-0.05, 0) is 105 Å². The number of anilines is 1. The molecule has 2 N–H and O–H groups in total. The Labute approximate surface area is 283 Å². The predicted molar refractivity (Wildman–Crippen MR) is 184 cm³/mol. The molecule has 4 aliphatic rings. The maximum atomic E-state index is 13.5. The molecule has 6 atom stereocenters. The van der Waals surface area contributed by atoms with Crippen molar-refractivity contribution in [2.24, 2.45) is 17.8 Å². The Bertz CT molecular complexity index is 1650. The molecule has 1 spiro atoms. The molecule has 0 radical (unpaired) electrons. The van der Waals surface area contributed by atoms with Gasteiger partial charge in [-0.3, -0.25) is 9.59 Å². The minimum atomic E-state index is -3.95. The number of halogens is 1. The maximum absolute atomic E-state index is 13.5. The van der Waals surface area contributed by atoms with E-state index in [-0.39, 0.29) is 34.8 Å². The van der Waals surface area contributed by atoms with E-state index in [1.807, 2.05) is 19.1 Å². The fraction of sp³-hybridized carbons (Fsp3) is 0.556. The number of fused-ring (bicyclic) bond motifs is 4. The van der Waals surface area contributed by atoms with E-state index in [9.17, 15) is 18.0 Å². The van der Waals surface area contributed by atoms with E-state index in [4.69, 9.17) is 21.1 Å². The van der Waals surface area contributed by atoms with E-state index in [0.717, 1.165) is 49.4 Å². The van der Waals surface area contributed by atoms with Gasteiger partial charge in [0.2, 0.25) is 15.9 Å². The van der Waals surface area contributed by atoms with Crippen LogP contribution in [0.4, 0.5) is 5.69 Å². The molecule has 2 aromatic rings. The molecule has 2 amide bonds.